The lowest BCUT2D eigenvalue weighted by Gasteiger charge is -2.36. The van der Waals surface area contributed by atoms with Gasteiger partial charge in [0, 0.05) is 35.3 Å². The van der Waals surface area contributed by atoms with E-state index in [2.05, 4.69) is 0 Å². The molecule has 0 bridgehead atoms. The second kappa shape index (κ2) is 8.06. The van der Waals surface area contributed by atoms with Crippen molar-refractivity contribution in [2.75, 3.05) is 30.3 Å². The van der Waals surface area contributed by atoms with Gasteiger partial charge in [0.15, 0.2) is 0 Å². The summed E-state index contributed by atoms with van der Waals surface area (Å²) in [4.78, 5) is 16.4. The maximum Gasteiger partial charge on any atom is 0.243 e. The fourth-order valence-electron chi connectivity index (χ4n) is 3.74. The van der Waals surface area contributed by atoms with E-state index in [0.29, 0.717) is 31.0 Å². The molecule has 2 aliphatic rings. The van der Waals surface area contributed by atoms with E-state index < -0.39 is 10.0 Å². The van der Waals surface area contributed by atoms with Crippen LogP contribution in [0.5, 0.6) is 0 Å². The Morgan fingerprint density at radius 3 is 2.68 bits per heavy atom. The number of halogens is 1. The fraction of sp³-hybridized carbons (Fsp3) is 0.350. The molecule has 1 atom stereocenters. The first kappa shape index (κ1) is 19.8. The van der Waals surface area contributed by atoms with Gasteiger partial charge in [-0.05, 0) is 43.2 Å². The average molecular weight is 437 g/mol. The Morgan fingerprint density at radius 2 is 1.89 bits per heavy atom. The normalized spacial score (nSPS) is 20.6. The van der Waals surface area contributed by atoms with Gasteiger partial charge >= 0.3 is 0 Å². The lowest BCUT2D eigenvalue weighted by atomic mass is 9.97. The molecule has 0 N–H and O–H groups in total. The van der Waals surface area contributed by atoms with Crippen molar-refractivity contribution < 1.29 is 13.2 Å². The summed E-state index contributed by atoms with van der Waals surface area (Å²) in [5.41, 5.74) is 0.830. The number of amides is 1. The number of nitrogens with zero attached hydrogens (tertiary/aromatic N) is 2. The number of hydrogen-bond donors (Lipinski definition) is 0. The zero-order chi connectivity index (χ0) is 19.7. The van der Waals surface area contributed by atoms with E-state index in [0.717, 1.165) is 16.3 Å². The Labute approximate surface area is 174 Å². The van der Waals surface area contributed by atoms with Crippen LogP contribution in [-0.4, -0.2) is 44.0 Å². The van der Waals surface area contributed by atoms with Crippen LogP contribution < -0.4 is 4.90 Å². The summed E-state index contributed by atoms with van der Waals surface area (Å²) < 4.78 is 27.4. The van der Waals surface area contributed by atoms with Crippen molar-refractivity contribution >= 4 is 45.0 Å². The number of rotatable bonds is 3. The van der Waals surface area contributed by atoms with Crippen molar-refractivity contribution in [3.8, 4) is 0 Å². The summed E-state index contributed by atoms with van der Waals surface area (Å²) in [7, 11) is -3.59. The molecule has 0 aromatic heterocycles. The molecule has 5 nitrogen and oxygen atoms in total. The van der Waals surface area contributed by atoms with Crippen LogP contribution in [0.4, 0.5) is 5.69 Å². The first-order chi connectivity index (χ1) is 13.5. The summed E-state index contributed by atoms with van der Waals surface area (Å²) in [6, 6.07) is 14.0. The molecule has 2 aliphatic heterocycles. The smallest absolute Gasteiger partial charge is 0.243 e. The molecule has 0 spiro atoms. The molecule has 1 unspecified atom stereocenters. The van der Waals surface area contributed by atoms with Crippen LogP contribution in [0.25, 0.3) is 0 Å². The number of piperidine rings is 1. The van der Waals surface area contributed by atoms with Gasteiger partial charge in [-0.15, -0.1) is 11.8 Å². The Hall–Kier alpha value is -1.54. The van der Waals surface area contributed by atoms with Crippen LogP contribution in [0, 0.1) is 5.92 Å². The van der Waals surface area contributed by atoms with Gasteiger partial charge in [-0.25, -0.2) is 8.42 Å². The zero-order valence-electron chi connectivity index (χ0n) is 15.3. The number of hydrogen-bond acceptors (Lipinski definition) is 4. The lowest BCUT2D eigenvalue weighted by Crippen LogP contribution is -2.48. The van der Waals surface area contributed by atoms with Gasteiger partial charge in [-0.2, -0.15) is 4.31 Å². The van der Waals surface area contributed by atoms with Crippen molar-refractivity contribution in [3.63, 3.8) is 0 Å². The van der Waals surface area contributed by atoms with E-state index in [1.165, 1.54) is 4.31 Å². The molecule has 0 aliphatic carbocycles. The van der Waals surface area contributed by atoms with Crippen LogP contribution in [0.3, 0.4) is 0 Å². The summed E-state index contributed by atoms with van der Waals surface area (Å²) in [6.07, 6.45) is 1.37. The molecule has 2 heterocycles. The summed E-state index contributed by atoms with van der Waals surface area (Å²) >= 11 is 7.86. The zero-order valence-corrected chi connectivity index (χ0v) is 17.6. The maximum absolute atomic E-state index is 13.3. The Kier molecular flexibility index (Phi) is 5.69. The van der Waals surface area contributed by atoms with E-state index in [1.807, 2.05) is 18.2 Å². The highest BCUT2D eigenvalue weighted by Crippen LogP contribution is 2.38. The highest BCUT2D eigenvalue weighted by molar-refractivity contribution is 7.99. The molecular formula is C20H21ClN2O3S2. The fourth-order valence-corrected chi connectivity index (χ4v) is 6.43. The third-order valence-electron chi connectivity index (χ3n) is 5.16. The van der Waals surface area contributed by atoms with Crippen molar-refractivity contribution in [2.45, 2.75) is 22.6 Å². The quantitative estimate of drug-likeness (QED) is 0.732. The Bertz CT molecular complexity index is 982. The monoisotopic (exact) mass is 436 g/mol. The topological polar surface area (TPSA) is 57.7 Å². The van der Waals surface area contributed by atoms with Gasteiger partial charge in [0.05, 0.1) is 16.5 Å². The van der Waals surface area contributed by atoms with Crippen molar-refractivity contribution in [1.82, 2.24) is 4.31 Å². The molecule has 0 radical (unpaired) electrons. The van der Waals surface area contributed by atoms with Gasteiger partial charge in [0.1, 0.15) is 0 Å². The third-order valence-corrected chi connectivity index (χ3v) is 8.32. The van der Waals surface area contributed by atoms with Crippen LogP contribution in [0.2, 0.25) is 5.02 Å². The molecule has 4 rings (SSSR count). The first-order valence-corrected chi connectivity index (χ1v) is 12.1. The Balaban J connectivity index is 1.56. The number of benzene rings is 2. The molecule has 148 valence electrons. The minimum atomic E-state index is -3.59. The molecule has 1 fully saturated rings. The van der Waals surface area contributed by atoms with Crippen molar-refractivity contribution in [3.05, 3.63) is 53.6 Å². The number of sulfonamides is 1. The average Bonchev–Trinajstić information content (AvgIpc) is 2.73. The largest absolute Gasteiger partial charge is 0.310 e. The van der Waals surface area contributed by atoms with Crippen LogP contribution in [0.1, 0.15) is 12.8 Å². The highest BCUT2D eigenvalue weighted by Gasteiger charge is 2.36. The minimum Gasteiger partial charge on any atom is -0.310 e. The molecule has 2 aromatic rings. The van der Waals surface area contributed by atoms with Crippen molar-refractivity contribution in [2.24, 2.45) is 5.92 Å². The van der Waals surface area contributed by atoms with Crippen LogP contribution in [0.15, 0.2) is 58.3 Å². The number of thioether (sulfide) groups is 1. The Morgan fingerprint density at radius 1 is 1.11 bits per heavy atom. The lowest BCUT2D eigenvalue weighted by molar-refractivity contribution is -0.123. The standard InChI is InChI=1S/C20H21ClN2O3S2/c21-16-8-9-19-18(13-16)23(11-12-27-19)20(24)15-5-4-10-22(14-15)28(25,26)17-6-2-1-3-7-17/h1-3,6-9,13,15H,4-5,10-12,14H2. The van der Waals surface area contributed by atoms with E-state index >= 15 is 0 Å². The predicted molar refractivity (Wildman–Crippen MR) is 112 cm³/mol. The van der Waals surface area contributed by atoms with E-state index in [9.17, 15) is 13.2 Å². The number of fused-ring (bicyclic) bond motifs is 1. The molecule has 0 saturated carbocycles. The first-order valence-electron chi connectivity index (χ1n) is 9.26. The van der Waals surface area contributed by atoms with Crippen molar-refractivity contribution in [1.29, 1.82) is 0 Å². The third kappa shape index (κ3) is 3.81. The number of carbonyl (C=O) groups excluding carboxylic acids is 1. The van der Waals surface area contributed by atoms with Crippen LogP contribution in [-0.2, 0) is 14.8 Å². The second-order valence-corrected chi connectivity index (χ2v) is 10.5. The minimum absolute atomic E-state index is 0.0169. The molecule has 1 saturated heterocycles. The molecule has 28 heavy (non-hydrogen) atoms. The highest BCUT2D eigenvalue weighted by atomic mass is 35.5. The molecule has 2 aromatic carbocycles. The number of carbonyl (C=O) groups is 1. The molecule has 1 amide bonds. The SMILES string of the molecule is O=C(C1CCCN(S(=O)(=O)c2ccccc2)C1)N1CCSc2ccc(Cl)cc21. The predicted octanol–water partition coefficient (Wildman–Crippen LogP) is 3.88. The van der Waals surface area contributed by atoms with E-state index in [4.69, 9.17) is 11.6 Å². The second-order valence-electron chi connectivity index (χ2n) is 6.97. The summed E-state index contributed by atoms with van der Waals surface area (Å²) in [6.45, 7) is 1.27. The molecular weight excluding hydrogens is 416 g/mol. The summed E-state index contributed by atoms with van der Waals surface area (Å²) in [5.74, 6) is 0.456. The van der Waals surface area contributed by atoms with Crippen LogP contribution >= 0.6 is 23.4 Å². The van der Waals surface area contributed by atoms with Gasteiger partial charge in [0.25, 0.3) is 0 Å². The van der Waals surface area contributed by atoms with E-state index in [-0.39, 0.29) is 23.3 Å². The van der Waals surface area contributed by atoms with Gasteiger partial charge < -0.3 is 4.90 Å². The van der Waals surface area contributed by atoms with E-state index in [1.54, 1.807) is 47.0 Å². The van der Waals surface area contributed by atoms with Gasteiger partial charge in [0.2, 0.25) is 15.9 Å². The maximum atomic E-state index is 13.3. The number of anilines is 1. The van der Waals surface area contributed by atoms with Gasteiger partial charge in [-0.3, -0.25) is 4.79 Å². The van der Waals surface area contributed by atoms with Gasteiger partial charge in [-0.1, -0.05) is 29.8 Å². The molecule has 8 heteroatoms. The summed E-state index contributed by atoms with van der Waals surface area (Å²) in [5, 5.41) is 0.593.